The summed E-state index contributed by atoms with van der Waals surface area (Å²) in [5.41, 5.74) is 1.28. The van der Waals surface area contributed by atoms with Gasteiger partial charge in [-0.2, -0.15) is 0 Å². The number of ether oxygens (including phenoxy) is 1. The lowest BCUT2D eigenvalue weighted by Gasteiger charge is -2.09. The molecule has 0 saturated carbocycles. The largest absolute Gasteiger partial charge is 0.492 e. The molecule has 0 aromatic carbocycles. The Bertz CT molecular complexity index is 1780. The van der Waals surface area contributed by atoms with Crippen molar-refractivity contribution in [1.82, 2.24) is 9.13 Å². The lowest BCUT2D eigenvalue weighted by atomic mass is 10.4. The third-order valence-electron chi connectivity index (χ3n) is 5.86. The molecule has 0 aliphatic rings. The third kappa shape index (κ3) is 8.78. The van der Waals surface area contributed by atoms with Crippen molar-refractivity contribution in [3.05, 3.63) is 102 Å². The molecule has 4 rings (SSSR count). The van der Waals surface area contributed by atoms with E-state index in [9.17, 15) is 0 Å². The number of aromatic nitrogens is 4. The molecule has 0 atom stereocenters. The van der Waals surface area contributed by atoms with E-state index in [1.165, 1.54) is 0 Å². The van der Waals surface area contributed by atoms with Crippen LogP contribution in [0.3, 0.4) is 0 Å². The van der Waals surface area contributed by atoms with Crippen LogP contribution in [0, 0.1) is 0 Å². The lowest BCUT2D eigenvalue weighted by molar-refractivity contribution is -0.658. The minimum Gasteiger partial charge on any atom is -0.492 e. The van der Waals surface area contributed by atoms with Crippen molar-refractivity contribution in [2.24, 2.45) is 62.0 Å². The molecule has 0 bridgehead atoms. The molecule has 13 heteroatoms. The number of hydrogen-bond donors (Lipinski definition) is 0. The number of hydrogen-bond acceptors (Lipinski definition) is 7. The van der Waals surface area contributed by atoms with Gasteiger partial charge in [-0.15, -0.1) is 20.4 Å². The lowest BCUT2D eigenvalue weighted by Crippen LogP contribution is -2.26. The van der Waals surface area contributed by atoms with E-state index >= 15 is 0 Å². The maximum absolute atomic E-state index is 6.01. The predicted molar refractivity (Wildman–Crippen MR) is 157 cm³/mol. The van der Waals surface area contributed by atoms with E-state index in [-0.39, 0.29) is 0 Å². The Kier molecular flexibility index (Phi) is 10.4. The van der Waals surface area contributed by atoms with E-state index < -0.39 is 0 Å². The van der Waals surface area contributed by atoms with E-state index in [0.717, 1.165) is 0 Å². The number of pyridine rings is 4. The number of aryl methyl sites for hydroxylation is 3. The van der Waals surface area contributed by atoms with Crippen molar-refractivity contribution in [1.29, 1.82) is 0 Å². The summed E-state index contributed by atoms with van der Waals surface area (Å²) in [4.78, 5) is 0. The topological polar surface area (TPSA) is 126 Å². The van der Waals surface area contributed by atoms with Crippen molar-refractivity contribution in [2.45, 2.75) is 20.4 Å². The highest BCUT2D eigenvalue weighted by atomic mass is 16.5. The zero-order valence-corrected chi connectivity index (χ0v) is 24.3. The molecule has 0 spiro atoms. The average molecular weight is 567 g/mol. The van der Waals surface area contributed by atoms with Gasteiger partial charge in [0, 0.05) is 51.5 Å². The summed E-state index contributed by atoms with van der Waals surface area (Å²) in [7, 11) is 5.69. The fourth-order valence-electron chi connectivity index (χ4n) is 3.51. The molecule has 0 amide bonds. The molecule has 42 heavy (non-hydrogen) atoms. The van der Waals surface area contributed by atoms with Crippen LogP contribution in [0.25, 0.3) is 0 Å². The summed E-state index contributed by atoms with van der Waals surface area (Å²) in [6.07, 6.45) is 7.59. The summed E-state index contributed by atoms with van der Waals surface area (Å²) in [5, 5.41) is 33.9. The molecule has 0 radical (unpaired) electrons. The number of azo groups is 2. The van der Waals surface area contributed by atoms with E-state index in [0.29, 0.717) is 53.2 Å². The monoisotopic (exact) mass is 566 g/mol. The van der Waals surface area contributed by atoms with E-state index in [4.69, 9.17) is 4.74 Å². The van der Waals surface area contributed by atoms with Crippen molar-refractivity contribution in [3.63, 3.8) is 0 Å². The number of nitrogens with zero attached hydrogens (tertiary/aromatic N) is 12. The zero-order chi connectivity index (χ0) is 29.7. The quantitative estimate of drug-likeness (QED) is 0.104. The van der Waals surface area contributed by atoms with Crippen LogP contribution in [0.15, 0.2) is 132 Å². The van der Waals surface area contributed by atoms with Crippen molar-refractivity contribution in [2.75, 3.05) is 6.61 Å². The first-order valence-electron chi connectivity index (χ1n) is 13.2. The fraction of sp³-hybridized carbons (Fsp3) is 0.241. The summed E-state index contributed by atoms with van der Waals surface area (Å²) in [6.45, 7) is 4.45. The van der Waals surface area contributed by atoms with Gasteiger partial charge in [0.1, 0.15) is 12.4 Å². The van der Waals surface area contributed by atoms with Gasteiger partial charge in [0.2, 0.25) is 0 Å². The Morgan fingerprint density at radius 2 is 1.33 bits per heavy atom. The van der Waals surface area contributed by atoms with Gasteiger partial charge >= 0.3 is 11.6 Å². The van der Waals surface area contributed by atoms with Gasteiger partial charge in [-0.05, 0) is 40.6 Å². The Hall–Kier alpha value is -5.46. The van der Waals surface area contributed by atoms with Gasteiger partial charge in [-0.25, -0.2) is 9.13 Å². The second kappa shape index (κ2) is 14.8. The van der Waals surface area contributed by atoms with E-state index in [2.05, 4.69) is 40.9 Å². The van der Waals surface area contributed by atoms with Crippen molar-refractivity contribution in [3.8, 4) is 5.75 Å². The second-order valence-corrected chi connectivity index (χ2v) is 9.17. The van der Waals surface area contributed by atoms with Crippen LogP contribution in [0.4, 0.5) is 11.6 Å². The molecule has 0 unspecified atom stereocenters. The highest BCUT2D eigenvalue weighted by molar-refractivity contribution is 5.80. The van der Waals surface area contributed by atoms with Crippen molar-refractivity contribution >= 4 is 23.3 Å². The fourth-order valence-corrected chi connectivity index (χ4v) is 3.51. The Morgan fingerprint density at radius 1 is 0.738 bits per heavy atom. The maximum Gasteiger partial charge on any atom is 0.350 e. The molecule has 0 aliphatic carbocycles. The summed E-state index contributed by atoms with van der Waals surface area (Å²) in [6, 6.07) is 20.8. The first-order chi connectivity index (χ1) is 20.4. The van der Waals surface area contributed by atoms with Crippen LogP contribution in [-0.4, -0.2) is 27.4 Å². The highest BCUT2D eigenvalue weighted by Gasteiger charge is 2.05. The van der Waals surface area contributed by atoms with Crippen LogP contribution in [0.5, 0.6) is 5.75 Å². The molecule has 4 aromatic rings. The maximum atomic E-state index is 6.01. The first-order valence-corrected chi connectivity index (χ1v) is 13.2. The second-order valence-electron chi connectivity index (χ2n) is 9.17. The molecule has 4 aromatic heterocycles. The smallest absolute Gasteiger partial charge is 0.350 e. The molecule has 0 N–H and O–H groups in total. The van der Waals surface area contributed by atoms with Gasteiger partial charge in [0.25, 0.3) is 0 Å². The molecular weight excluding hydrogens is 532 g/mol. The minimum absolute atomic E-state index is 0.405. The third-order valence-corrected chi connectivity index (χ3v) is 5.86. The molecule has 0 aliphatic heterocycles. The predicted octanol–water partition coefficient (Wildman–Crippen LogP) is 3.59. The summed E-state index contributed by atoms with van der Waals surface area (Å²) >= 11 is 0. The highest BCUT2D eigenvalue weighted by Crippen LogP contribution is 2.06. The van der Waals surface area contributed by atoms with Gasteiger partial charge in [-0.1, -0.05) is 18.2 Å². The Balaban J connectivity index is 1.40. The normalized spacial score (nSPS) is 13.5. The van der Waals surface area contributed by atoms with Crippen LogP contribution >= 0.6 is 0 Å². The minimum atomic E-state index is 0.405. The average Bonchev–Trinajstić information content (AvgIpc) is 3.00. The summed E-state index contributed by atoms with van der Waals surface area (Å²) < 4.78 is 13.5. The first kappa shape index (κ1) is 29.5. The van der Waals surface area contributed by atoms with Crippen LogP contribution in [-0.2, 0) is 27.7 Å². The molecule has 214 valence electrons. The van der Waals surface area contributed by atoms with E-state index in [1.54, 1.807) is 13.8 Å². The standard InChI is InChI=1S/C29H34N12O/c1-23(30-34-26-12-6-9-16-38(26)3)32-36-28-14-8-11-18-41(28)20-21-42-25-15-19-40(5)29(22-25)37-33-24(2)31-35-27-13-7-10-17-39(27)4/h6-19,22H,20-21H2,1-5H3/q+2. The van der Waals surface area contributed by atoms with Crippen molar-refractivity contribution < 1.29 is 13.9 Å². The van der Waals surface area contributed by atoms with E-state index in [1.807, 2.05) is 131 Å². The van der Waals surface area contributed by atoms with Gasteiger partial charge in [0.05, 0.1) is 43.3 Å². The molecule has 0 saturated heterocycles. The van der Waals surface area contributed by atoms with Gasteiger partial charge in [0.15, 0.2) is 22.6 Å². The zero-order valence-electron chi connectivity index (χ0n) is 24.3. The van der Waals surface area contributed by atoms with Crippen LogP contribution < -0.4 is 24.8 Å². The van der Waals surface area contributed by atoms with Crippen LogP contribution in [0.1, 0.15) is 13.8 Å². The molecule has 13 nitrogen and oxygen atoms in total. The molecule has 0 fully saturated rings. The molecule has 4 heterocycles. The molecular formula is C29H34N12O+2. The number of rotatable bonds is 8. The Labute approximate surface area is 243 Å². The van der Waals surface area contributed by atoms with Gasteiger partial charge in [-0.3, -0.25) is 0 Å². The summed E-state index contributed by atoms with van der Waals surface area (Å²) in [5.74, 6) is 2.96. The Morgan fingerprint density at radius 3 is 1.95 bits per heavy atom. The van der Waals surface area contributed by atoms with Crippen LogP contribution in [0.2, 0.25) is 0 Å². The number of amidine groups is 2. The SMILES string of the molecule is C/C(N=Nc1cccc[n+]1C)=N\N=c1/cc(OCCn2cccc/c2=N\N=C(/C)N=Nc2cccc[n+]2C)ccn1C. The van der Waals surface area contributed by atoms with Gasteiger partial charge < -0.3 is 13.9 Å².